The van der Waals surface area contributed by atoms with Crippen molar-refractivity contribution in [1.29, 1.82) is 0 Å². The van der Waals surface area contributed by atoms with Crippen molar-refractivity contribution in [2.75, 3.05) is 20.3 Å². The quantitative estimate of drug-likeness (QED) is 0.747. The molecule has 0 aliphatic carbocycles. The van der Waals surface area contributed by atoms with Crippen molar-refractivity contribution in [3.05, 3.63) is 59.6 Å². The number of amides is 1. The van der Waals surface area contributed by atoms with Crippen molar-refractivity contribution in [2.24, 2.45) is 0 Å². The average Bonchev–Trinajstić information content (AvgIpc) is 2.98. The Morgan fingerprint density at radius 2 is 2.16 bits per heavy atom. The van der Waals surface area contributed by atoms with E-state index < -0.39 is 0 Å². The fourth-order valence-corrected chi connectivity index (χ4v) is 2.81. The molecule has 1 amide bonds. The minimum Gasteiger partial charge on any atom is -0.493 e. The smallest absolute Gasteiger partial charge is 0.290 e. The SMILES string of the molecule is COc1cccc2c(C)c(C(=O)N(CCO)Cc3cccnc3)oc12. The van der Waals surface area contributed by atoms with E-state index >= 15 is 0 Å². The summed E-state index contributed by atoms with van der Waals surface area (Å²) in [4.78, 5) is 18.6. The highest BCUT2D eigenvalue weighted by atomic mass is 16.5. The standard InChI is InChI=1S/C19H20N2O4/c1-13-15-6-3-7-16(24-2)18(15)25-17(13)19(23)21(9-10-22)12-14-5-4-8-20-11-14/h3-8,11,22H,9-10,12H2,1-2H3. The number of aryl methyl sites for hydroxylation is 1. The van der Waals surface area contributed by atoms with Crippen LogP contribution in [0, 0.1) is 6.92 Å². The molecule has 25 heavy (non-hydrogen) atoms. The molecule has 6 nitrogen and oxygen atoms in total. The molecule has 0 saturated carbocycles. The normalized spacial score (nSPS) is 10.8. The van der Waals surface area contributed by atoms with E-state index in [0.29, 0.717) is 17.9 Å². The molecule has 2 heterocycles. The molecule has 3 rings (SSSR count). The first-order valence-corrected chi connectivity index (χ1v) is 8.01. The zero-order valence-electron chi connectivity index (χ0n) is 14.2. The number of hydrogen-bond acceptors (Lipinski definition) is 5. The first kappa shape index (κ1) is 17.0. The van der Waals surface area contributed by atoms with Gasteiger partial charge in [-0.2, -0.15) is 0 Å². The van der Waals surface area contributed by atoms with Crippen LogP contribution in [0.15, 0.2) is 47.1 Å². The molecule has 0 saturated heterocycles. The summed E-state index contributed by atoms with van der Waals surface area (Å²) in [6.45, 7) is 2.27. The number of pyridine rings is 1. The third kappa shape index (κ3) is 3.34. The van der Waals surface area contributed by atoms with Gasteiger partial charge in [0, 0.05) is 36.4 Å². The summed E-state index contributed by atoms with van der Waals surface area (Å²) in [5.74, 6) is 0.575. The van der Waals surface area contributed by atoms with Crippen molar-refractivity contribution in [3.8, 4) is 5.75 Å². The zero-order chi connectivity index (χ0) is 17.8. The van der Waals surface area contributed by atoms with Crippen LogP contribution in [0.2, 0.25) is 0 Å². The Morgan fingerprint density at radius 1 is 1.32 bits per heavy atom. The Kier molecular flexibility index (Phi) is 5.00. The number of para-hydroxylation sites is 1. The molecular formula is C19H20N2O4. The predicted octanol–water partition coefficient (Wildman–Crippen LogP) is 2.78. The number of aliphatic hydroxyl groups is 1. The number of carbonyl (C=O) groups excluding carboxylic acids is 1. The molecule has 0 bridgehead atoms. The number of fused-ring (bicyclic) bond motifs is 1. The molecule has 0 atom stereocenters. The van der Waals surface area contributed by atoms with E-state index in [2.05, 4.69) is 4.98 Å². The zero-order valence-corrected chi connectivity index (χ0v) is 14.2. The van der Waals surface area contributed by atoms with Gasteiger partial charge in [-0.15, -0.1) is 0 Å². The fourth-order valence-electron chi connectivity index (χ4n) is 2.81. The first-order valence-electron chi connectivity index (χ1n) is 8.01. The van der Waals surface area contributed by atoms with Crippen LogP contribution in [0.4, 0.5) is 0 Å². The van der Waals surface area contributed by atoms with Crippen molar-refractivity contribution in [1.82, 2.24) is 9.88 Å². The van der Waals surface area contributed by atoms with Gasteiger partial charge in [-0.25, -0.2) is 0 Å². The van der Waals surface area contributed by atoms with Gasteiger partial charge in [0.15, 0.2) is 17.1 Å². The number of benzene rings is 1. The minimum absolute atomic E-state index is 0.130. The van der Waals surface area contributed by atoms with Gasteiger partial charge in [0.05, 0.1) is 13.7 Å². The molecule has 0 fully saturated rings. The second-order valence-electron chi connectivity index (χ2n) is 5.70. The van der Waals surface area contributed by atoms with Gasteiger partial charge in [0.2, 0.25) is 0 Å². The van der Waals surface area contributed by atoms with Crippen LogP contribution >= 0.6 is 0 Å². The lowest BCUT2D eigenvalue weighted by Gasteiger charge is -2.20. The summed E-state index contributed by atoms with van der Waals surface area (Å²) >= 11 is 0. The van der Waals surface area contributed by atoms with E-state index in [4.69, 9.17) is 9.15 Å². The number of furan rings is 1. The number of hydrogen-bond donors (Lipinski definition) is 1. The van der Waals surface area contributed by atoms with Gasteiger partial charge in [-0.1, -0.05) is 18.2 Å². The highest BCUT2D eigenvalue weighted by Crippen LogP contribution is 2.32. The highest BCUT2D eigenvalue weighted by molar-refractivity contribution is 6.00. The molecule has 6 heteroatoms. The minimum atomic E-state index is -0.270. The summed E-state index contributed by atoms with van der Waals surface area (Å²) in [6, 6.07) is 9.25. The molecule has 1 aromatic carbocycles. The third-order valence-electron chi connectivity index (χ3n) is 4.10. The number of nitrogens with zero attached hydrogens (tertiary/aromatic N) is 2. The van der Waals surface area contributed by atoms with Crippen LogP contribution < -0.4 is 4.74 Å². The predicted molar refractivity (Wildman–Crippen MR) is 93.6 cm³/mol. The fraction of sp³-hybridized carbons (Fsp3) is 0.263. The number of aliphatic hydroxyl groups excluding tert-OH is 1. The van der Waals surface area contributed by atoms with Gasteiger partial charge in [0.1, 0.15) is 0 Å². The van der Waals surface area contributed by atoms with Gasteiger partial charge in [-0.3, -0.25) is 9.78 Å². The van der Waals surface area contributed by atoms with Crippen LogP contribution in [-0.4, -0.2) is 41.2 Å². The number of rotatable bonds is 6. The number of methoxy groups -OCH3 is 1. The Bertz CT molecular complexity index is 874. The number of carbonyl (C=O) groups is 1. The van der Waals surface area contributed by atoms with E-state index in [-0.39, 0.29) is 24.8 Å². The lowest BCUT2D eigenvalue weighted by atomic mass is 10.1. The Labute approximate surface area is 145 Å². The van der Waals surface area contributed by atoms with Crippen molar-refractivity contribution < 1.29 is 19.1 Å². The van der Waals surface area contributed by atoms with Gasteiger partial charge in [-0.05, 0) is 24.6 Å². The Morgan fingerprint density at radius 3 is 2.84 bits per heavy atom. The van der Waals surface area contributed by atoms with E-state index in [9.17, 15) is 9.90 Å². The molecule has 3 aromatic rings. The molecule has 0 spiro atoms. The average molecular weight is 340 g/mol. The van der Waals surface area contributed by atoms with Crippen LogP contribution in [0.25, 0.3) is 11.0 Å². The molecule has 1 N–H and O–H groups in total. The molecular weight excluding hydrogens is 320 g/mol. The van der Waals surface area contributed by atoms with E-state index in [0.717, 1.165) is 16.5 Å². The van der Waals surface area contributed by atoms with Crippen LogP contribution in [0.1, 0.15) is 21.7 Å². The molecule has 0 radical (unpaired) electrons. The Hall–Kier alpha value is -2.86. The van der Waals surface area contributed by atoms with Crippen LogP contribution in [-0.2, 0) is 6.54 Å². The van der Waals surface area contributed by atoms with Gasteiger partial charge >= 0.3 is 0 Å². The molecule has 2 aromatic heterocycles. The topological polar surface area (TPSA) is 75.8 Å². The maximum Gasteiger partial charge on any atom is 0.290 e. The van der Waals surface area contributed by atoms with Gasteiger partial charge in [0.25, 0.3) is 5.91 Å². The van der Waals surface area contributed by atoms with Crippen molar-refractivity contribution in [2.45, 2.75) is 13.5 Å². The second-order valence-corrected chi connectivity index (χ2v) is 5.70. The molecule has 130 valence electrons. The number of ether oxygens (including phenoxy) is 1. The maximum absolute atomic E-state index is 13.0. The second kappa shape index (κ2) is 7.36. The van der Waals surface area contributed by atoms with Crippen molar-refractivity contribution >= 4 is 16.9 Å². The van der Waals surface area contributed by atoms with E-state index in [1.54, 1.807) is 30.5 Å². The third-order valence-corrected chi connectivity index (χ3v) is 4.10. The monoisotopic (exact) mass is 340 g/mol. The van der Waals surface area contributed by atoms with Crippen LogP contribution in [0.3, 0.4) is 0 Å². The van der Waals surface area contributed by atoms with Gasteiger partial charge < -0.3 is 19.2 Å². The summed E-state index contributed by atoms with van der Waals surface area (Å²) in [5, 5.41) is 10.2. The summed E-state index contributed by atoms with van der Waals surface area (Å²) in [6.07, 6.45) is 3.38. The molecule has 0 unspecified atom stereocenters. The van der Waals surface area contributed by atoms with Crippen molar-refractivity contribution in [3.63, 3.8) is 0 Å². The number of aromatic nitrogens is 1. The largest absolute Gasteiger partial charge is 0.493 e. The summed E-state index contributed by atoms with van der Waals surface area (Å²) in [7, 11) is 1.56. The molecule has 0 aliphatic rings. The first-order chi connectivity index (χ1) is 12.2. The Balaban J connectivity index is 1.97. The summed E-state index contributed by atoms with van der Waals surface area (Å²) < 4.78 is 11.1. The maximum atomic E-state index is 13.0. The van der Waals surface area contributed by atoms with E-state index in [1.807, 2.05) is 31.2 Å². The van der Waals surface area contributed by atoms with E-state index in [1.165, 1.54) is 0 Å². The lowest BCUT2D eigenvalue weighted by Crippen LogP contribution is -2.33. The summed E-state index contributed by atoms with van der Waals surface area (Å²) in [5.41, 5.74) is 2.19. The van der Waals surface area contributed by atoms with Crippen LogP contribution in [0.5, 0.6) is 5.75 Å². The highest BCUT2D eigenvalue weighted by Gasteiger charge is 2.24. The molecule has 0 aliphatic heterocycles. The lowest BCUT2D eigenvalue weighted by molar-refractivity contribution is 0.0677.